The van der Waals surface area contributed by atoms with Gasteiger partial charge in [0, 0.05) is 55.8 Å². The van der Waals surface area contributed by atoms with Crippen LogP contribution in [0.2, 0.25) is 0 Å². The first kappa shape index (κ1) is 26.2. The van der Waals surface area contributed by atoms with Crippen LogP contribution in [0.15, 0.2) is 30.5 Å². The summed E-state index contributed by atoms with van der Waals surface area (Å²) >= 11 is 0. The molecule has 9 heteroatoms. The van der Waals surface area contributed by atoms with E-state index in [-0.39, 0.29) is 30.6 Å². The molecule has 188 valence electrons. The van der Waals surface area contributed by atoms with E-state index in [1.807, 2.05) is 18.2 Å². The lowest BCUT2D eigenvalue weighted by atomic mass is 9.64. The summed E-state index contributed by atoms with van der Waals surface area (Å²) in [4.78, 5) is 9.13. The predicted molar refractivity (Wildman–Crippen MR) is 132 cm³/mol. The molecule has 2 N–H and O–H groups in total. The Kier molecular flexibility index (Phi) is 8.78. The minimum Gasteiger partial charge on any atom is -0.489 e. The van der Waals surface area contributed by atoms with E-state index in [4.69, 9.17) is 9.84 Å². The zero-order valence-corrected chi connectivity index (χ0v) is 21.1. The first-order chi connectivity index (χ1) is 16.2. The second-order valence-electron chi connectivity index (χ2n) is 9.92. The molecule has 0 radical (unpaired) electrons. The number of ether oxygens (including phenoxy) is 1. The van der Waals surface area contributed by atoms with Crippen LogP contribution in [-0.2, 0) is 10.8 Å². The normalized spacial score (nSPS) is 16.5. The number of aliphatic hydroxyl groups excluding tert-OH is 1. The van der Waals surface area contributed by atoms with Gasteiger partial charge in [-0.05, 0) is 31.3 Å². The van der Waals surface area contributed by atoms with Gasteiger partial charge in [-0.3, -0.25) is 9.88 Å². The Balaban J connectivity index is 1.67. The molecule has 1 aliphatic heterocycles. The number of anilines is 1. The molecule has 3 rings (SSSR count). The minimum absolute atomic E-state index is 0.00479. The molecule has 1 aliphatic rings. The van der Waals surface area contributed by atoms with Crippen molar-refractivity contribution in [2.24, 2.45) is 0 Å². The summed E-state index contributed by atoms with van der Waals surface area (Å²) < 4.78 is 19.2. The standard InChI is InChI=1S/C25H39FN6O2/c1-24(2,21-7-6-20(17-28-21)34-18-19(26)16-27-5)25(3,4)22-8-9-23(30-29-22)32-12-10-31(11-13-32)14-15-33/h6-9,17,19,27,33H,10-16,18H2,1-5H3. The summed E-state index contributed by atoms with van der Waals surface area (Å²) in [6, 6.07) is 7.89. The van der Waals surface area contributed by atoms with Crippen LogP contribution in [0.25, 0.3) is 0 Å². The van der Waals surface area contributed by atoms with Gasteiger partial charge >= 0.3 is 0 Å². The van der Waals surface area contributed by atoms with E-state index in [1.165, 1.54) is 0 Å². The highest BCUT2D eigenvalue weighted by Gasteiger charge is 2.42. The molecule has 0 aliphatic carbocycles. The molecular formula is C25H39FN6O2. The van der Waals surface area contributed by atoms with Gasteiger partial charge in [-0.15, -0.1) is 5.10 Å². The molecule has 0 amide bonds. The second-order valence-corrected chi connectivity index (χ2v) is 9.92. The summed E-state index contributed by atoms with van der Waals surface area (Å²) in [6.07, 6.45) is 0.593. The van der Waals surface area contributed by atoms with Crippen LogP contribution < -0.4 is 15.0 Å². The number of nitrogens with one attached hydrogen (secondary N) is 1. The van der Waals surface area contributed by atoms with Crippen molar-refractivity contribution < 1.29 is 14.2 Å². The lowest BCUT2D eigenvalue weighted by Crippen LogP contribution is -2.47. The Bertz CT molecular complexity index is 883. The third kappa shape index (κ3) is 6.00. The van der Waals surface area contributed by atoms with Crippen LogP contribution in [0.4, 0.5) is 10.2 Å². The maximum atomic E-state index is 13.7. The zero-order valence-electron chi connectivity index (χ0n) is 21.1. The van der Waals surface area contributed by atoms with Crippen molar-refractivity contribution in [1.29, 1.82) is 0 Å². The highest BCUT2D eigenvalue weighted by molar-refractivity contribution is 5.40. The van der Waals surface area contributed by atoms with Crippen LogP contribution in [0, 0.1) is 0 Å². The van der Waals surface area contributed by atoms with Gasteiger partial charge in [-0.1, -0.05) is 27.7 Å². The number of aromatic nitrogens is 3. The monoisotopic (exact) mass is 474 g/mol. The Morgan fingerprint density at radius 1 is 1.03 bits per heavy atom. The number of halogens is 1. The first-order valence-corrected chi connectivity index (χ1v) is 12.0. The fraction of sp³-hybridized carbons (Fsp3) is 0.640. The van der Waals surface area contributed by atoms with Gasteiger partial charge in [0.15, 0.2) is 5.82 Å². The van der Waals surface area contributed by atoms with Gasteiger partial charge in [0.05, 0.1) is 18.5 Å². The maximum Gasteiger partial charge on any atom is 0.151 e. The summed E-state index contributed by atoms with van der Waals surface area (Å²) in [6.45, 7) is 13.3. The molecule has 2 aromatic rings. The van der Waals surface area contributed by atoms with E-state index < -0.39 is 6.17 Å². The van der Waals surface area contributed by atoms with Gasteiger partial charge in [-0.2, -0.15) is 5.10 Å². The average Bonchev–Trinajstić information content (AvgIpc) is 2.84. The van der Waals surface area contributed by atoms with Crippen molar-refractivity contribution in [3.8, 4) is 5.75 Å². The van der Waals surface area contributed by atoms with Gasteiger partial charge in [0.1, 0.15) is 18.5 Å². The molecule has 8 nitrogen and oxygen atoms in total. The van der Waals surface area contributed by atoms with E-state index in [2.05, 4.69) is 64.1 Å². The van der Waals surface area contributed by atoms with Crippen LogP contribution in [-0.4, -0.2) is 90.9 Å². The summed E-state index contributed by atoms with van der Waals surface area (Å²) in [5.41, 5.74) is 1.12. The van der Waals surface area contributed by atoms with Gasteiger partial charge in [0.25, 0.3) is 0 Å². The van der Waals surface area contributed by atoms with Crippen LogP contribution >= 0.6 is 0 Å². The summed E-state index contributed by atoms with van der Waals surface area (Å²) in [7, 11) is 1.71. The number of hydrogen-bond donors (Lipinski definition) is 2. The molecule has 3 heterocycles. The average molecular weight is 475 g/mol. The summed E-state index contributed by atoms with van der Waals surface area (Å²) in [5, 5.41) is 21.1. The Labute approximate surface area is 202 Å². The number of hydrogen-bond acceptors (Lipinski definition) is 8. The number of pyridine rings is 1. The number of aliphatic hydroxyl groups is 1. The molecule has 0 spiro atoms. The van der Waals surface area contributed by atoms with Crippen molar-refractivity contribution in [1.82, 2.24) is 25.4 Å². The second kappa shape index (κ2) is 11.4. The molecule has 1 atom stereocenters. The van der Waals surface area contributed by atoms with Crippen LogP contribution in [0.3, 0.4) is 0 Å². The maximum absolute atomic E-state index is 13.7. The minimum atomic E-state index is -1.06. The summed E-state index contributed by atoms with van der Waals surface area (Å²) in [5.74, 6) is 1.43. The fourth-order valence-electron chi connectivity index (χ4n) is 4.11. The van der Waals surface area contributed by atoms with E-state index in [1.54, 1.807) is 13.2 Å². The number of piperazine rings is 1. The highest BCUT2D eigenvalue weighted by Crippen LogP contribution is 2.42. The zero-order chi connectivity index (χ0) is 24.8. The molecule has 0 saturated carbocycles. The Morgan fingerprint density at radius 3 is 2.26 bits per heavy atom. The van der Waals surface area contributed by atoms with E-state index in [0.29, 0.717) is 5.75 Å². The molecular weight excluding hydrogens is 435 g/mol. The lowest BCUT2D eigenvalue weighted by Gasteiger charge is -2.41. The van der Waals surface area contributed by atoms with Crippen molar-refractivity contribution in [2.45, 2.75) is 44.7 Å². The van der Waals surface area contributed by atoms with Crippen LogP contribution in [0.5, 0.6) is 5.75 Å². The number of β-amino-alcohol motifs (C(OH)–C–C–N with tert-alkyl or cyclic N) is 1. The molecule has 1 unspecified atom stereocenters. The van der Waals surface area contributed by atoms with Gasteiger partial charge in [-0.25, -0.2) is 4.39 Å². The number of alkyl halides is 1. The predicted octanol–water partition coefficient (Wildman–Crippen LogP) is 2.18. The Morgan fingerprint density at radius 2 is 1.71 bits per heavy atom. The van der Waals surface area contributed by atoms with Crippen molar-refractivity contribution >= 4 is 5.82 Å². The first-order valence-electron chi connectivity index (χ1n) is 12.0. The molecule has 34 heavy (non-hydrogen) atoms. The topological polar surface area (TPSA) is 86.6 Å². The van der Waals surface area contributed by atoms with E-state index >= 15 is 0 Å². The fourth-order valence-corrected chi connectivity index (χ4v) is 4.11. The quantitative estimate of drug-likeness (QED) is 0.513. The van der Waals surface area contributed by atoms with Crippen molar-refractivity contribution in [3.05, 3.63) is 41.9 Å². The highest BCUT2D eigenvalue weighted by atomic mass is 19.1. The number of rotatable bonds is 11. The molecule has 0 bridgehead atoms. The van der Waals surface area contributed by atoms with Crippen LogP contribution in [0.1, 0.15) is 39.1 Å². The Hall–Kier alpha value is -2.36. The largest absolute Gasteiger partial charge is 0.489 e. The van der Waals surface area contributed by atoms with Gasteiger partial charge < -0.3 is 20.1 Å². The van der Waals surface area contributed by atoms with E-state index in [9.17, 15) is 4.39 Å². The third-order valence-corrected chi connectivity index (χ3v) is 7.20. The SMILES string of the molecule is CNCC(F)COc1ccc(C(C)(C)C(C)(C)c2ccc(N3CCN(CCO)CC3)nn2)nc1. The molecule has 1 fully saturated rings. The lowest BCUT2D eigenvalue weighted by molar-refractivity contribution is 0.188. The van der Waals surface area contributed by atoms with Crippen molar-refractivity contribution in [3.63, 3.8) is 0 Å². The van der Waals surface area contributed by atoms with Crippen molar-refractivity contribution in [2.75, 3.05) is 64.4 Å². The van der Waals surface area contributed by atoms with E-state index in [0.717, 1.165) is 49.9 Å². The number of nitrogens with zero attached hydrogens (tertiary/aromatic N) is 5. The smallest absolute Gasteiger partial charge is 0.151 e. The molecule has 2 aromatic heterocycles. The molecule has 0 aromatic carbocycles. The third-order valence-electron chi connectivity index (χ3n) is 7.20. The molecule has 1 saturated heterocycles. The van der Waals surface area contributed by atoms with Gasteiger partial charge in [0.2, 0.25) is 0 Å².